The molecule has 3 aromatic rings. The van der Waals surface area contributed by atoms with Crippen molar-refractivity contribution in [3.63, 3.8) is 0 Å². The SMILES string of the molecule is CC1(C)C2CC[C@@]1(CS(=O)(=O)O[C@H](COc1ccc(F)c(F)c1)CN1CCC(NCc3nc4ccccc4s3)CC1)C(=O)C2. The van der Waals surface area contributed by atoms with Crippen LogP contribution >= 0.6 is 11.3 Å². The van der Waals surface area contributed by atoms with Gasteiger partial charge < -0.3 is 15.0 Å². The van der Waals surface area contributed by atoms with E-state index < -0.39 is 38.7 Å². The molecule has 0 radical (unpaired) electrons. The van der Waals surface area contributed by atoms with Gasteiger partial charge in [0.05, 0.1) is 21.4 Å². The first kappa shape index (κ1) is 31.5. The molecule has 0 amide bonds. The number of piperidine rings is 1. The molecule has 2 heterocycles. The molecule has 1 aromatic heterocycles. The highest BCUT2D eigenvalue weighted by Crippen LogP contribution is 2.64. The molecule has 1 saturated heterocycles. The number of carbonyl (C=O) groups is 1. The van der Waals surface area contributed by atoms with Crippen LogP contribution in [0.3, 0.4) is 0 Å². The number of ketones is 1. The molecule has 238 valence electrons. The fourth-order valence-electron chi connectivity index (χ4n) is 7.35. The van der Waals surface area contributed by atoms with Crippen molar-refractivity contribution in [1.29, 1.82) is 0 Å². The van der Waals surface area contributed by atoms with Gasteiger partial charge in [0.25, 0.3) is 10.1 Å². The maximum Gasteiger partial charge on any atom is 0.268 e. The zero-order valence-electron chi connectivity index (χ0n) is 25.1. The number of rotatable bonds is 12. The molecule has 12 heteroatoms. The molecule has 3 atom stereocenters. The number of nitrogens with zero attached hydrogens (tertiary/aromatic N) is 2. The van der Waals surface area contributed by atoms with E-state index in [1.165, 1.54) is 10.8 Å². The van der Waals surface area contributed by atoms with Crippen molar-refractivity contribution in [1.82, 2.24) is 15.2 Å². The summed E-state index contributed by atoms with van der Waals surface area (Å²) in [5.41, 5.74) is -0.364. The van der Waals surface area contributed by atoms with E-state index >= 15 is 0 Å². The van der Waals surface area contributed by atoms with Crippen LogP contribution in [0, 0.1) is 28.4 Å². The second-order valence-electron chi connectivity index (χ2n) is 13.0. The summed E-state index contributed by atoms with van der Waals surface area (Å²) in [6.07, 6.45) is 2.61. The van der Waals surface area contributed by atoms with E-state index in [4.69, 9.17) is 13.9 Å². The topological polar surface area (TPSA) is 97.8 Å². The van der Waals surface area contributed by atoms with E-state index in [9.17, 15) is 22.0 Å². The Balaban J connectivity index is 1.08. The van der Waals surface area contributed by atoms with Crippen LogP contribution in [0.4, 0.5) is 8.78 Å². The third kappa shape index (κ3) is 6.42. The number of thiazole rings is 1. The molecule has 44 heavy (non-hydrogen) atoms. The second-order valence-corrected chi connectivity index (χ2v) is 15.7. The first-order valence-corrected chi connectivity index (χ1v) is 17.7. The minimum Gasteiger partial charge on any atom is -0.491 e. The lowest BCUT2D eigenvalue weighted by Gasteiger charge is -2.37. The molecule has 1 N–H and O–H groups in total. The van der Waals surface area contributed by atoms with Gasteiger partial charge in [0.15, 0.2) is 11.6 Å². The summed E-state index contributed by atoms with van der Waals surface area (Å²) in [5, 5.41) is 4.65. The van der Waals surface area contributed by atoms with E-state index in [-0.39, 0.29) is 36.4 Å². The van der Waals surface area contributed by atoms with E-state index in [0.29, 0.717) is 25.4 Å². The lowest BCUT2D eigenvalue weighted by molar-refractivity contribution is -0.128. The van der Waals surface area contributed by atoms with Crippen molar-refractivity contribution < 1.29 is 30.9 Å². The predicted octanol–water partition coefficient (Wildman–Crippen LogP) is 5.32. The maximum absolute atomic E-state index is 13.8. The molecule has 3 aliphatic rings. The van der Waals surface area contributed by atoms with E-state index in [1.807, 2.05) is 32.0 Å². The van der Waals surface area contributed by atoms with Crippen molar-refractivity contribution in [3.8, 4) is 5.75 Å². The van der Waals surface area contributed by atoms with Gasteiger partial charge in [-0.15, -0.1) is 11.3 Å². The van der Waals surface area contributed by atoms with Crippen LogP contribution in [-0.2, 0) is 25.6 Å². The summed E-state index contributed by atoms with van der Waals surface area (Å²) in [5.74, 6) is -2.14. The monoisotopic (exact) mass is 647 g/mol. The first-order valence-electron chi connectivity index (χ1n) is 15.3. The number of hydrogen-bond donors (Lipinski definition) is 1. The van der Waals surface area contributed by atoms with Gasteiger partial charge in [0.1, 0.15) is 29.3 Å². The number of likely N-dealkylation sites (tertiary alicyclic amines) is 1. The summed E-state index contributed by atoms with van der Waals surface area (Å²) in [4.78, 5) is 19.9. The van der Waals surface area contributed by atoms with Gasteiger partial charge in [-0.25, -0.2) is 13.8 Å². The number of para-hydroxylation sites is 1. The van der Waals surface area contributed by atoms with Gasteiger partial charge in [-0.3, -0.25) is 8.98 Å². The average Bonchev–Trinajstić information content (AvgIpc) is 3.56. The van der Waals surface area contributed by atoms with Crippen molar-refractivity contribution in [2.45, 2.75) is 64.6 Å². The lowest BCUT2D eigenvalue weighted by atomic mass is 9.70. The number of fused-ring (bicyclic) bond motifs is 3. The molecule has 3 fully saturated rings. The number of Topliss-reactive ketones (excluding diaryl/α,β-unsaturated/α-hetero) is 1. The number of benzene rings is 2. The fraction of sp³-hybridized carbons (Fsp3) is 0.562. The zero-order chi connectivity index (χ0) is 31.1. The third-order valence-corrected chi connectivity index (χ3v) is 12.5. The quantitative estimate of drug-likeness (QED) is 0.264. The van der Waals surface area contributed by atoms with Crippen molar-refractivity contribution >= 4 is 37.5 Å². The Bertz CT molecular complexity index is 1590. The minimum atomic E-state index is -4.12. The highest BCUT2D eigenvalue weighted by atomic mass is 32.2. The third-order valence-electron chi connectivity index (χ3n) is 10.1. The summed E-state index contributed by atoms with van der Waals surface area (Å²) in [6, 6.07) is 11.6. The number of hydrogen-bond acceptors (Lipinski definition) is 9. The molecule has 8 nitrogen and oxygen atoms in total. The Hall–Kier alpha value is -2.51. The number of nitrogens with one attached hydrogen (secondary N) is 1. The largest absolute Gasteiger partial charge is 0.491 e. The Kier molecular flexibility index (Phi) is 8.84. The molecule has 2 aromatic carbocycles. The fourth-order valence-corrected chi connectivity index (χ4v) is 10.2. The number of carbonyl (C=O) groups excluding carboxylic acids is 1. The summed E-state index contributed by atoms with van der Waals surface area (Å²) >= 11 is 1.68. The molecular formula is C32H39F2N3O5S2. The second kappa shape index (κ2) is 12.4. The minimum absolute atomic E-state index is 0.000863. The molecule has 2 bridgehead atoms. The van der Waals surface area contributed by atoms with Crippen LogP contribution in [0.5, 0.6) is 5.75 Å². The van der Waals surface area contributed by atoms with E-state index in [2.05, 4.69) is 16.3 Å². The van der Waals surface area contributed by atoms with Crippen LogP contribution in [0.15, 0.2) is 42.5 Å². The predicted molar refractivity (Wildman–Crippen MR) is 165 cm³/mol. The molecule has 1 unspecified atom stereocenters. The van der Waals surface area contributed by atoms with Crippen molar-refractivity contribution in [2.24, 2.45) is 16.7 Å². The highest BCUT2D eigenvalue weighted by molar-refractivity contribution is 7.86. The molecule has 2 saturated carbocycles. The van der Waals surface area contributed by atoms with Gasteiger partial charge >= 0.3 is 0 Å². The van der Waals surface area contributed by atoms with Crippen LogP contribution in [0.25, 0.3) is 10.2 Å². The zero-order valence-corrected chi connectivity index (χ0v) is 26.7. The number of aromatic nitrogens is 1. The average molecular weight is 648 g/mol. The van der Waals surface area contributed by atoms with Crippen LogP contribution < -0.4 is 10.1 Å². The molecular weight excluding hydrogens is 608 g/mol. The van der Waals surface area contributed by atoms with Crippen LogP contribution in [0.1, 0.15) is 51.0 Å². The van der Waals surface area contributed by atoms with E-state index in [1.54, 1.807) is 11.3 Å². The molecule has 0 spiro atoms. The Labute approximate surface area is 261 Å². The Morgan fingerprint density at radius 3 is 2.57 bits per heavy atom. The molecule has 6 rings (SSSR count). The summed E-state index contributed by atoms with van der Waals surface area (Å²) in [6.45, 7) is 6.22. The van der Waals surface area contributed by atoms with Gasteiger partial charge in [0, 0.05) is 31.6 Å². The molecule has 1 aliphatic heterocycles. The highest BCUT2D eigenvalue weighted by Gasteiger charge is 2.65. The van der Waals surface area contributed by atoms with Gasteiger partial charge in [-0.1, -0.05) is 26.0 Å². The van der Waals surface area contributed by atoms with Crippen molar-refractivity contribution in [2.75, 3.05) is 32.0 Å². The Morgan fingerprint density at radius 2 is 1.89 bits per heavy atom. The molecule has 2 aliphatic carbocycles. The lowest BCUT2D eigenvalue weighted by Crippen LogP contribution is -2.48. The van der Waals surface area contributed by atoms with Gasteiger partial charge in [-0.2, -0.15) is 8.42 Å². The standard InChI is InChI=1S/C32H39F2N3O5S2/c1-31(2)21-9-12-32(31,29(38)15-21)20-44(39,40)42-24(19-41-23-7-8-25(33)26(34)16-23)18-37-13-10-22(11-14-37)35-17-30-36-27-5-3-4-6-28(27)43-30/h3-8,16,21-22,24,35H,9-15,17-20H2,1-2H3/t21?,24-,32+/m0/s1. The summed E-state index contributed by atoms with van der Waals surface area (Å²) < 4.78 is 67.0. The van der Waals surface area contributed by atoms with Crippen LogP contribution in [-0.4, -0.2) is 68.2 Å². The smallest absolute Gasteiger partial charge is 0.268 e. The van der Waals surface area contributed by atoms with Gasteiger partial charge in [0.2, 0.25) is 0 Å². The first-order chi connectivity index (χ1) is 20.9. The number of halogens is 2. The van der Waals surface area contributed by atoms with Crippen LogP contribution in [0.2, 0.25) is 0 Å². The Morgan fingerprint density at radius 1 is 1.11 bits per heavy atom. The normalized spacial score (nSPS) is 24.7. The maximum atomic E-state index is 13.8. The number of ether oxygens (including phenoxy) is 1. The van der Waals surface area contributed by atoms with Gasteiger partial charge in [-0.05, 0) is 74.4 Å². The van der Waals surface area contributed by atoms with Crippen molar-refractivity contribution in [3.05, 3.63) is 59.1 Å². The van der Waals surface area contributed by atoms with E-state index in [0.717, 1.165) is 55.0 Å². The summed E-state index contributed by atoms with van der Waals surface area (Å²) in [7, 11) is -4.12.